The van der Waals surface area contributed by atoms with Crippen LogP contribution in [0.5, 0.6) is 0 Å². The third kappa shape index (κ3) is 3.73. The van der Waals surface area contributed by atoms with Gasteiger partial charge in [0.25, 0.3) is 0 Å². The number of amides is 1. The van der Waals surface area contributed by atoms with E-state index in [9.17, 15) is 9.90 Å². The zero-order valence-electron chi connectivity index (χ0n) is 9.98. The summed E-state index contributed by atoms with van der Waals surface area (Å²) in [7, 11) is 0. The number of aliphatic hydroxyl groups excluding tert-OH is 1. The minimum atomic E-state index is -0.103. The predicted octanol–water partition coefficient (Wildman–Crippen LogP) is -0.151. The molecule has 1 heterocycles. The fourth-order valence-corrected chi connectivity index (χ4v) is 2.33. The van der Waals surface area contributed by atoms with E-state index >= 15 is 0 Å². The van der Waals surface area contributed by atoms with Crippen LogP contribution in [0.25, 0.3) is 0 Å². The second kappa shape index (κ2) is 6.83. The first-order valence-corrected chi connectivity index (χ1v) is 6.03. The number of nitrogens with two attached hydrogens (primary N) is 1. The molecule has 0 aromatic heterocycles. The van der Waals surface area contributed by atoms with Gasteiger partial charge in [-0.05, 0) is 38.3 Å². The van der Waals surface area contributed by atoms with Crippen molar-refractivity contribution in [3.05, 3.63) is 0 Å². The van der Waals surface area contributed by atoms with Crippen molar-refractivity contribution in [1.82, 2.24) is 10.3 Å². The summed E-state index contributed by atoms with van der Waals surface area (Å²) in [5, 5.41) is 9.27. The number of hydrazine groups is 1. The van der Waals surface area contributed by atoms with Gasteiger partial charge in [0.2, 0.25) is 5.91 Å². The number of hydrogen-bond acceptors (Lipinski definition) is 4. The van der Waals surface area contributed by atoms with Crippen LogP contribution >= 0.6 is 0 Å². The molecule has 5 heteroatoms. The highest BCUT2D eigenvalue weighted by molar-refractivity contribution is 5.75. The maximum Gasteiger partial charge on any atom is 0.233 e. The van der Waals surface area contributed by atoms with Gasteiger partial charge in [-0.1, -0.05) is 6.92 Å². The van der Waals surface area contributed by atoms with E-state index in [0.29, 0.717) is 18.4 Å². The van der Waals surface area contributed by atoms with Crippen LogP contribution in [-0.2, 0) is 4.79 Å². The summed E-state index contributed by atoms with van der Waals surface area (Å²) in [6.45, 7) is 4.45. The lowest BCUT2D eigenvalue weighted by molar-refractivity contribution is -0.121. The molecule has 0 aliphatic carbocycles. The second-order valence-corrected chi connectivity index (χ2v) is 4.58. The van der Waals surface area contributed by atoms with Crippen molar-refractivity contribution in [2.45, 2.75) is 38.6 Å². The molecule has 1 fully saturated rings. The average molecular weight is 229 g/mol. The monoisotopic (exact) mass is 229 g/mol. The molecule has 94 valence electrons. The molecule has 4 N–H and O–H groups in total. The number of nitrogens with zero attached hydrogens (tertiary/aromatic N) is 1. The molecule has 5 nitrogen and oxygen atoms in total. The lowest BCUT2D eigenvalue weighted by Crippen LogP contribution is -2.36. The fraction of sp³-hybridized carbons (Fsp3) is 0.909. The molecular formula is C11H23N3O2. The molecule has 2 unspecified atom stereocenters. The van der Waals surface area contributed by atoms with E-state index in [0.717, 1.165) is 32.4 Å². The van der Waals surface area contributed by atoms with Crippen molar-refractivity contribution >= 4 is 5.91 Å². The standard InChI is InChI=1S/C11H23N3O2/c1-9-5-7-14(10(9)8-15)6-3-2-4-11(16)13-12/h9-10,15H,2-8,12H2,1H3,(H,13,16). The summed E-state index contributed by atoms with van der Waals surface area (Å²) in [6.07, 6.45) is 3.49. The van der Waals surface area contributed by atoms with Crippen LogP contribution in [-0.4, -0.2) is 41.7 Å². The van der Waals surface area contributed by atoms with E-state index in [4.69, 9.17) is 5.84 Å². The van der Waals surface area contributed by atoms with Gasteiger partial charge in [0.1, 0.15) is 0 Å². The van der Waals surface area contributed by atoms with Crippen LogP contribution in [0.2, 0.25) is 0 Å². The lowest BCUT2D eigenvalue weighted by Gasteiger charge is -2.24. The highest BCUT2D eigenvalue weighted by Gasteiger charge is 2.29. The first-order chi connectivity index (χ1) is 7.69. The summed E-state index contributed by atoms with van der Waals surface area (Å²) < 4.78 is 0. The van der Waals surface area contributed by atoms with Crippen molar-refractivity contribution in [1.29, 1.82) is 0 Å². The Hall–Kier alpha value is -0.650. The Bertz CT molecular complexity index is 223. The molecule has 1 amide bonds. The molecule has 1 aliphatic heterocycles. The first-order valence-electron chi connectivity index (χ1n) is 6.03. The van der Waals surface area contributed by atoms with Crippen molar-refractivity contribution < 1.29 is 9.90 Å². The van der Waals surface area contributed by atoms with E-state index in [-0.39, 0.29) is 12.5 Å². The SMILES string of the molecule is CC1CCN(CCCCC(=O)NN)C1CO. The number of likely N-dealkylation sites (tertiary alicyclic amines) is 1. The Morgan fingerprint density at radius 2 is 2.31 bits per heavy atom. The summed E-state index contributed by atoms with van der Waals surface area (Å²) in [5.74, 6) is 5.47. The van der Waals surface area contributed by atoms with Gasteiger partial charge in [-0.2, -0.15) is 0 Å². The smallest absolute Gasteiger partial charge is 0.233 e. The lowest BCUT2D eigenvalue weighted by atomic mass is 10.0. The Balaban J connectivity index is 2.15. The van der Waals surface area contributed by atoms with E-state index < -0.39 is 0 Å². The Labute approximate surface area is 97.0 Å². The first kappa shape index (κ1) is 13.4. The maximum atomic E-state index is 10.9. The van der Waals surface area contributed by atoms with Gasteiger partial charge >= 0.3 is 0 Å². The minimum absolute atomic E-state index is 0.103. The van der Waals surface area contributed by atoms with Crippen molar-refractivity contribution in [3.63, 3.8) is 0 Å². The fourth-order valence-electron chi connectivity index (χ4n) is 2.33. The quantitative estimate of drug-likeness (QED) is 0.256. The van der Waals surface area contributed by atoms with E-state index in [1.165, 1.54) is 0 Å². The van der Waals surface area contributed by atoms with Crippen LogP contribution in [0.3, 0.4) is 0 Å². The molecule has 0 aromatic rings. The molecule has 0 radical (unpaired) electrons. The van der Waals surface area contributed by atoms with Gasteiger partial charge in [-0.3, -0.25) is 15.1 Å². The van der Waals surface area contributed by atoms with Crippen molar-refractivity contribution in [2.75, 3.05) is 19.7 Å². The number of rotatable bonds is 6. The van der Waals surface area contributed by atoms with Crippen LogP contribution in [0.15, 0.2) is 0 Å². The van der Waals surface area contributed by atoms with Crippen LogP contribution in [0.1, 0.15) is 32.6 Å². The summed E-state index contributed by atoms with van der Waals surface area (Å²) in [6, 6.07) is 0.309. The van der Waals surface area contributed by atoms with Crippen molar-refractivity contribution in [3.8, 4) is 0 Å². The minimum Gasteiger partial charge on any atom is -0.395 e. The number of aliphatic hydroxyl groups is 1. The predicted molar refractivity (Wildman–Crippen MR) is 62.4 cm³/mol. The average Bonchev–Trinajstić information content (AvgIpc) is 2.65. The third-order valence-corrected chi connectivity index (χ3v) is 3.44. The zero-order chi connectivity index (χ0) is 12.0. The van der Waals surface area contributed by atoms with Crippen LogP contribution in [0.4, 0.5) is 0 Å². The van der Waals surface area contributed by atoms with Gasteiger partial charge in [0.05, 0.1) is 6.61 Å². The Morgan fingerprint density at radius 1 is 1.56 bits per heavy atom. The number of unbranched alkanes of at least 4 members (excludes halogenated alkanes) is 1. The summed E-state index contributed by atoms with van der Waals surface area (Å²) >= 11 is 0. The van der Waals surface area contributed by atoms with E-state index in [1.807, 2.05) is 0 Å². The van der Waals surface area contributed by atoms with Crippen LogP contribution < -0.4 is 11.3 Å². The number of carbonyl (C=O) groups excluding carboxylic acids is 1. The molecule has 1 saturated heterocycles. The number of carbonyl (C=O) groups is 1. The molecular weight excluding hydrogens is 206 g/mol. The number of nitrogens with one attached hydrogen (secondary N) is 1. The molecule has 16 heavy (non-hydrogen) atoms. The second-order valence-electron chi connectivity index (χ2n) is 4.58. The summed E-state index contributed by atoms with van der Waals surface area (Å²) in [4.78, 5) is 13.2. The molecule has 1 aliphatic rings. The van der Waals surface area contributed by atoms with Gasteiger partial charge in [-0.15, -0.1) is 0 Å². The molecule has 0 saturated carbocycles. The largest absolute Gasteiger partial charge is 0.395 e. The molecule has 0 aromatic carbocycles. The molecule has 2 atom stereocenters. The topological polar surface area (TPSA) is 78.6 Å². The maximum absolute atomic E-state index is 10.9. The zero-order valence-corrected chi connectivity index (χ0v) is 9.98. The highest BCUT2D eigenvalue weighted by atomic mass is 16.3. The molecule has 0 bridgehead atoms. The van der Waals surface area contributed by atoms with Gasteiger partial charge in [0, 0.05) is 12.5 Å². The molecule has 1 rings (SSSR count). The third-order valence-electron chi connectivity index (χ3n) is 3.44. The Morgan fingerprint density at radius 3 is 2.94 bits per heavy atom. The van der Waals surface area contributed by atoms with Crippen LogP contribution in [0, 0.1) is 5.92 Å². The van der Waals surface area contributed by atoms with E-state index in [1.54, 1.807) is 0 Å². The van der Waals surface area contributed by atoms with Gasteiger partial charge in [0.15, 0.2) is 0 Å². The van der Waals surface area contributed by atoms with Gasteiger partial charge < -0.3 is 5.11 Å². The highest BCUT2D eigenvalue weighted by Crippen LogP contribution is 2.23. The van der Waals surface area contributed by atoms with E-state index in [2.05, 4.69) is 17.2 Å². The normalized spacial score (nSPS) is 25.9. The van der Waals surface area contributed by atoms with Crippen molar-refractivity contribution in [2.24, 2.45) is 11.8 Å². The molecule has 0 spiro atoms. The summed E-state index contributed by atoms with van der Waals surface area (Å²) in [5.41, 5.74) is 2.13. The number of hydrogen-bond donors (Lipinski definition) is 3. The van der Waals surface area contributed by atoms with Gasteiger partial charge in [-0.25, -0.2) is 5.84 Å². The Kier molecular flexibility index (Phi) is 5.73.